The molecular formula is C22H18ClF2N3O4S. The average molecular weight is 494 g/mol. The van der Waals surface area contributed by atoms with Crippen LogP contribution in [-0.2, 0) is 14.3 Å². The summed E-state index contributed by atoms with van der Waals surface area (Å²) in [5.41, 5.74) is 0.883. The molecule has 0 saturated heterocycles. The van der Waals surface area contributed by atoms with Crippen LogP contribution in [0.15, 0.2) is 47.8 Å². The third-order valence-corrected chi connectivity index (χ3v) is 5.52. The SMILES string of the molecule is C[C@H](NC(=O)c1ccccc1Cl)C(=O)O[C@H](C)C(=O)Nc1nc(-c2ccc(F)c(F)c2)cs1. The Hall–Kier alpha value is -3.37. The Kier molecular flexibility index (Phi) is 7.72. The van der Waals surface area contributed by atoms with Crippen LogP contribution in [0.25, 0.3) is 11.3 Å². The molecule has 0 aliphatic carbocycles. The molecule has 2 aromatic carbocycles. The molecule has 0 aliphatic rings. The minimum Gasteiger partial charge on any atom is -0.451 e. The number of anilines is 1. The number of esters is 1. The van der Waals surface area contributed by atoms with Gasteiger partial charge in [0.05, 0.1) is 16.3 Å². The number of hydrogen-bond acceptors (Lipinski definition) is 6. The first-order valence-corrected chi connectivity index (χ1v) is 10.9. The predicted molar refractivity (Wildman–Crippen MR) is 120 cm³/mol. The maximum Gasteiger partial charge on any atom is 0.329 e. The minimum atomic E-state index is -1.19. The van der Waals surface area contributed by atoms with Gasteiger partial charge in [-0.1, -0.05) is 23.7 Å². The molecule has 2 N–H and O–H groups in total. The zero-order chi connectivity index (χ0) is 24.1. The van der Waals surface area contributed by atoms with E-state index >= 15 is 0 Å². The summed E-state index contributed by atoms with van der Waals surface area (Å²) in [6, 6.07) is 8.66. The van der Waals surface area contributed by atoms with Crippen molar-refractivity contribution in [2.45, 2.75) is 26.0 Å². The second-order valence-corrected chi connectivity index (χ2v) is 8.18. The van der Waals surface area contributed by atoms with Crippen LogP contribution >= 0.6 is 22.9 Å². The van der Waals surface area contributed by atoms with E-state index in [0.29, 0.717) is 11.3 Å². The van der Waals surface area contributed by atoms with Gasteiger partial charge < -0.3 is 10.1 Å². The van der Waals surface area contributed by atoms with E-state index in [-0.39, 0.29) is 15.7 Å². The zero-order valence-corrected chi connectivity index (χ0v) is 19.0. The Balaban J connectivity index is 1.55. The number of thiazole rings is 1. The van der Waals surface area contributed by atoms with Gasteiger partial charge in [0.25, 0.3) is 11.8 Å². The van der Waals surface area contributed by atoms with E-state index < -0.39 is 41.6 Å². The molecule has 0 unspecified atom stereocenters. The third kappa shape index (κ3) is 6.11. The van der Waals surface area contributed by atoms with Gasteiger partial charge in [-0.25, -0.2) is 18.6 Å². The molecule has 172 valence electrons. The first kappa shape index (κ1) is 24.3. The van der Waals surface area contributed by atoms with Gasteiger partial charge in [0.15, 0.2) is 22.9 Å². The molecule has 0 bridgehead atoms. The number of rotatable bonds is 7. The van der Waals surface area contributed by atoms with E-state index in [1.165, 1.54) is 26.0 Å². The van der Waals surface area contributed by atoms with Crippen LogP contribution in [0, 0.1) is 11.6 Å². The van der Waals surface area contributed by atoms with Crippen LogP contribution in [0.3, 0.4) is 0 Å². The monoisotopic (exact) mass is 493 g/mol. The van der Waals surface area contributed by atoms with Crippen molar-refractivity contribution >= 4 is 45.9 Å². The summed E-state index contributed by atoms with van der Waals surface area (Å²) in [5.74, 6) is -4.02. The van der Waals surface area contributed by atoms with E-state index in [9.17, 15) is 23.2 Å². The van der Waals surface area contributed by atoms with Gasteiger partial charge in [-0.2, -0.15) is 0 Å². The fraction of sp³-hybridized carbons (Fsp3) is 0.182. The highest BCUT2D eigenvalue weighted by atomic mass is 35.5. The summed E-state index contributed by atoms with van der Waals surface area (Å²) in [4.78, 5) is 41.1. The first-order valence-electron chi connectivity index (χ1n) is 9.63. The largest absolute Gasteiger partial charge is 0.451 e. The highest BCUT2D eigenvalue weighted by molar-refractivity contribution is 7.14. The lowest BCUT2D eigenvalue weighted by atomic mass is 10.2. The Morgan fingerprint density at radius 1 is 1.09 bits per heavy atom. The summed E-state index contributed by atoms with van der Waals surface area (Å²) >= 11 is 7.03. The van der Waals surface area contributed by atoms with E-state index in [1.807, 2.05) is 0 Å². The quantitative estimate of drug-likeness (QED) is 0.474. The topological polar surface area (TPSA) is 97.4 Å². The molecule has 3 rings (SSSR count). The lowest BCUT2D eigenvalue weighted by Crippen LogP contribution is -2.42. The maximum atomic E-state index is 13.4. The molecular weight excluding hydrogens is 476 g/mol. The van der Waals surface area contributed by atoms with Crippen LogP contribution < -0.4 is 10.6 Å². The van der Waals surface area contributed by atoms with Crippen LogP contribution in [0.5, 0.6) is 0 Å². The van der Waals surface area contributed by atoms with Crippen molar-refractivity contribution in [1.29, 1.82) is 0 Å². The highest BCUT2D eigenvalue weighted by Crippen LogP contribution is 2.26. The summed E-state index contributed by atoms with van der Waals surface area (Å²) in [7, 11) is 0. The van der Waals surface area contributed by atoms with Gasteiger partial charge >= 0.3 is 5.97 Å². The van der Waals surface area contributed by atoms with Gasteiger partial charge in [0, 0.05) is 10.9 Å². The average Bonchev–Trinajstić information content (AvgIpc) is 3.24. The van der Waals surface area contributed by atoms with Gasteiger partial charge in [-0.05, 0) is 44.2 Å². The smallest absolute Gasteiger partial charge is 0.329 e. The normalized spacial score (nSPS) is 12.5. The van der Waals surface area contributed by atoms with E-state index in [0.717, 1.165) is 23.5 Å². The van der Waals surface area contributed by atoms with Crippen molar-refractivity contribution in [3.63, 3.8) is 0 Å². The van der Waals surface area contributed by atoms with Crippen molar-refractivity contribution < 1.29 is 27.9 Å². The number of carbonyl (C=O) groups is 3. The Morgan fingerprint density at radius 2 is 1.82 bits per heavy atom. The van der Waals surface area contributed by atoms with Crippen LogP contribution in [0.2, 0.25) is 5.02 Å². The van der Waals surface area contributed by atoms with Crippen LogP contribution in [-0.4, -0.2) is 34.9 Å². The first-order chi connectivity index (χ1) is 15.7. The molecule has 2 atom stereocenters. The molecule has 0 saturated carbocycles. The number of hydrogen-bond donors (Lipinski definition) is 2. The molecule has 0 radical (unpaired) electrons. The Labute approximate surface area is 196 Å². The lowest BCUT2D eigenvalue weighted by molar-refractivity contribution is -0.154. The molecule has 11 heteroatoms. The number of nitrogens with one attached hydrogen (secondary N) is 2. The molecule has 33 heavy (non-hydrogen) atoms. The third-order valence-electron chi connectivity index (χ3n) is 4.43. The van der Waals surface area contributed by atoms with Gasteiger partial charge in [-0.15, -0.1) is 11.3 Å². The number of halogens is 3. The van der Waals surface area contributed by atoms with Gasteiger partial charge in [0.1, 0.15) is 6.04 Å². The van der Waals surface area contributed by atoms with Crippen molar-refractivity contribution in [2.24, 2.45) is 0 Å². The summed E-state index contributed by atoms with van der Waals surface area (Å²) < 4.78 is 31.6. The minimum absolute atomic E-state index is 0.183. The van der Waals surface area contributed by atoms with Gasteiger partial charge in [0.2, 0.25) is 0 Å². The van der Waals surface area contributed by atoms with E-state index in [1.54, 1.807) is 23.6 Å². The molecule has 2 amide bonds. The predicted octanol–water partition coefficient (Wildman–Crippen LogP) is 4.43. The van der Waals surface area contributed by atoms with Crippen LogP contribution in [0.4, 0.5) is 13.9 Å². The molecule has 0 fully saturated rings. The Bertz CT molecular complexity index is 1200. The second kappa shape index (κ2) is 10.5. The summed E-state index contributed by atoms with van der Waals surface area (Å²) in [6.45, 7) is 2.77. The van der Waals surface area contributed by atoms with Crippen LogP contribution in [0.1, 0.15) is 24.2 Å². The fourth-order valence-corrected chi connectivity index (χ4v) is 3.58. The second-order valence-electron chi connectivity index (χ2n) is 6.91. The van der Waals surface area contributed by atoms with Crippen molar-refractivity contribution in [3.8, 4) is 11.3 Å². The summed E-state index contributed by atoms with van der Waals surface area (Å²) in [5, 5.41) is 6.93. The standard InChI is InChI=1S/C22H18ClF2N3O4S/c1-11(26-20(30)14-5-3-4-6-15(14)23)21(31)32-12(2)19(29)28-22-27-18(10-33-22)13-7-8-16(24)17(25)9-13/h3-12H,1-2H3,(H,26,30)(H,27,28,29)/t11-,12+/m0/s1. The zero-order valence-electron chi connectivity index (χ0n) is 17.4. The molecule has 0 aliphatic heterocycles. The maximum absolute atomic E-state index is 13.4. The number of ether oxygens (including phenoxy) is 1. The van der Waals surface area contributed by atoms with Crippen molar-refractivity contribution in [3.05, 3.63) is 70.1 Å². The summed E-state index contributed by atoms with van der Waals surface area (Å²) in [6.07, 6.45) is -1.19. The fourth-order valence-electron chi connectivity index (χ4n) is 2.63. The number of amides is 2. The van der Waals surface area contributed by atoms with Crippen molar-refractivity contribution in [2.75, 3.05) is 5.32 Å². The number of aromatic nitrogens is 1. The number of nitrogens with zero attached hydrogens (tertiary/aromatic N) is 1. The van der Waals surface area contributed by atoms with E-state index in [4.69, 9.17) is 16.3 Å². The lowest BCUT2D eigenvalue weighted by Gasteiger charge is -2.17. The molecule has 3 aromatic rings. The number of carbonyl (C=O) groups excluding carboxylic acids is 3. The molecule has 7 nitrogen and oxygen atoms in total. The highest BCUT2D eigenvalue weighted by Gasteiger charge is 2.24. The molecule has 1 aromatic heterocycles. The van der Waals surface area contributed by atoms with Crippen molar-refractivity contribution in [1.82, 2.24) is 10.3 Å². The molecule has 1 heterocycles. The van der Waals surface area contributed by atoms with Gasteiger partial charge in [-0.3, -0.25) is 14.9 Å². The van der Waals surface area contributed by atoms with E-state index in [2.05, 4.69) is 15.6 Å². The Morgan fingerprint density at radius 3 is 2.52 bits per heavy atom. The number of benzene rings is 2. The molecule has 0 spiro atoms.